The van der Waals surface area contributed by atoms with Gasteiger partial charge in [0.15, 0.2) is 0 Å². The Morgan fingerprint density at radius 1 is 1.15 bits per heavy atom. The van der Waals surface area contributed by atoms with E-state index >= 15 is 0 Å². The van der Waals surface area contributed by atoms with Crippen molar-refractivity contribution in [2.45, 2.75) is 45.2 Å². The molecule has 4 N–H and O–H groups in total. The maximum absolute atomic E-state index is 12.9. The van der Waals surface area contributed by atoms with Crippen molar-refractivity contribution in [2.75, 3.05) is 19.6 Å². The van der Waals surface area contributed by atoms with Crippen molar-refractivity contribution in [2.24, 2.45) is 5.73 Å². The molecule has 0 saturated carbocycles. The number of amides is 3. The number of likely N-dealkylation sites (tertiary alicyclic amines) is 1. The smallest absolute Gasteiger partial charge is 0.254 e. The quantitative estimate of drug-likeness (QED) is 0.644. The van der Waals surface area contributed by atoms with E-state index in [1.807, 2.05) is 17.0 Å². The molecule has 0 radical (unpaired) electrons. The molecule has 1 heterocycles. The molecule has 1 aliphatic rings. The minimum atomic E-state index is -0.0852. The van der Waals surface area contributed by atoms with Gasteiger partial charge in [-0.15, -0.1) is 12.4 Å². The van der Waals surface area contributed by atoms with Gasteiger partial charge in [-0.25, -0.2) is 0 Å². The van der Waals surface area contributed by atoms with Gasteiger partial charge in [0.2, 0.25) is 11.8 Å². The summed E-state index contributed by atoms with van der Waals surface area (Å²) in [5.74, 6) is -0.181. The number of hydrogen-bond donors (Lipinski definition) is 3. The lowest BCUT2D eigenvalue weighted by molar-refractivity contribution is -0.121. The highest BCUT2D eigenvalue weighted by Gasteiger charge is 2.27. The van der Waals surface area contributed by atoms with Gasteiger partial charge in [-0.1, -0.05) is 12.1 Å². The molecule has 0 spiro atoms. The summed E-state index contributed by atoms with van der Waals surface area (Å²) in [5, 5.41) is 5.61. The molecule has 8 heteroatoms. The Morgan fingerprint density at radius 3 is 2.48 bits per heavy atom. The average Bonchev–Trinajstić information content (AvgIpc) is 2.65. The number of carbonyl (C=O) groups is 3. The lowest BCUT2D eigenvalue weighted by atomic mass is 10.00. The van der Waals surface area contributed by atoms with E-state index in [4.69, 9.17) is 5.73 Å². The summed E-state index contributed by atoms with van der Waals surface area (Å²) >= 11 is 0. The molecule has 1 aromatic rings. The Bertz CT molecular complexity index is 636. The molecule has 1 unspecified atom stereocenters. The third kappa shape index (κ3) is 7.19. The number of rotatable bonds is 7. The zero-order valence-corrected chi connectivity index (χ0v) is 16.5. The summed E-state index contributed by atoms with van der Waals surface area (Å²) < 4.78 is 0. The van der Waals surface area contributed by atoms with E-state index in [1.54, 1.807) is 12.1 Å². The van der Waals surface area contributed by atoms with Gasteiger partial charge < -0.3 is 21.3 Å². The van der Waals surface area contributed by atoms with Crippen LogP contribution in [0.3, 0.4) is 0 Å². The second-order valence-corrected chi connectivity index (χ2v) is 6.60. The zero-order chi connectivity index (χ0) is 18.9. The van der Waals surface area contributed by atoms with Crippen LogP contribution in [0.4, 0.5) is 0 Å². The van der Waals surface area contributed by atoms with E-state index in [0.717, 1.165) is 24.8 Å². The van der Waals surface area contributed by atoms with Crippen LogP contribution in [0.25, 0.3) is 0 Å². The fourth-order valence-electron chi connectivity index (χ4n) is 3.09. The molecule has 2 rings (SSSR count). The number of hydrogen-bond acceptors (Lipinski definition) is 4. The highest BCUT2D eigenvalue weighted by atomic mass is 35.5. The summed E-state index contributed by atoms with van der Waals surface area (Å²) in [7, 11) is 0. The van der Waals surface area contributed by atoms with Crippen molar-refractivity contribution >= 4 is 30.1 Å². The lowest BCUT2D eigenvalue weighted by Gasteiger charge is -2.36. The molecule has 0 bridgehead atoms. The first kappa shape index (κ1) is 22.9. The predicted molar refractivity (Wildman–Crippen MR) is 107 cm³/mol. The molecule has 3 amide bonds. The van der Waals surface area contributed by atoms with Crippen molar-refractivity contribution in [3.63, 3.8) is 0 Å². The Hall–Kier alpha value is -2.12. The molecule has 1 saturated heterocycles. The molecular weight excluding hydrogens is 368 g/mol. The van der Waals surface area contributed by atoms with E-state index in [2.05, 4.69) is 10.6 Å². The van der Waals surface area contributed by atoms with Gasteiger partial charge in [-0.05, 0) is 37.0 Å². The number of halogens is 1. The molecule has 7 nitrogen and oxygen atoms in total. The van der Waals surface area contributed by atoms with Crippen LogP contribution in [-0.2, 0) is 16.1 Å². The van der Waals surface area contributed by atoms with Crippen molar-refractivity contribution < 1.29 is 14.4 Å². The summed E-state index contributed by atoms with van der Waals surface area (Å²) in [6.07, 6.45) is 3.21. The SMILES string of the molecule is CC(=O)NCc1ccc(C(=O)N2CCCCC2CNC(=O)CCN)cc1.Cl. The molecule has 0 aliphatic carbocycles. The van der Waals surface area contributed by atoms with E-state index in [0.29, 0.717) is 38.2 Å². The summed E-state index contributed by atoms with van der Waals surface area (Å²) in [6.45, 7) is 3.41. The number of nitrogens with two attached hydrogens (primary N) is 1. The standard InChI is InChI=1S/C19H28N4O3.ClH/c1-14(24)21-12-15-5-7-16(8-6-15)19(26)23-11-3-2-4-17(23)13-22-18(25)9-10-20;/h5-8,17H,2-4,9-13,20H2,1H3,(H,21,24)(H,22,25);1H. The normalized spacial score (nSPS) is 16.2. The van der Waals surface area contributed by atoms with Crippen molar-refractivity contribution in [3.8, 4) is 0 Å². The van der Waals surface area contributed by atoms with Gasteiger partial charge in [0.1, 0.15) is 0 Å². The molecule has 1 aliphatic heterocycles. The minimum Gasteiger partial charge on any atom is -0.354 e. The predicted octanol–water partition coefficient (Wildman–Crippen LogP) is 1.20. The monoisotopic (exact) mass is 396 g/mol. The third-order valence-electron chi connectivity index (χ3n) is 4.54. The van der Waals surface area contributed by atoms with Gasteiger partial charge in [-0.3, -0.25) is 14.4 Å². The first-order chi connectivity index (χ1) is 12.5. The van der Waals surface area contributed by atoms with Crippen LogP contribution < -0.4 is 16.4 Å². The van der Waals surface area contributed by atoms with Crippen LogP contribution >= 0.6 is 12.4 Å². The van der Waals surface area contributed by atoms with Gasteiger partial charge >= 0.3 is 0 Å². The third-order valence-corrected chi connectivity index (χ3v) is 4.54. The van der Waals surface area contributed by atoms with Crippen LogP contribution in [0.15, 0.2) is 24.3 Å². The van der Waals surface area contributed by atoms with Crippen LogP contribution in [-0.4, -0.2) is 48.3 Å². The van der Waals surface area contributed by atoms with Crippen LogP contribution in [0.1, 0.15) is 48.5 Å². The number of nitrogens with zero attached hydrogens (tertiary/aromatic N) is 1. The van der Waals surface area contributed by atoms with E-state index < -0.39 is 0 Å². The Balaban J connectivity index is 0.00000364. The number of carbonyl (C=O) groups excluding carboxylic acids is 3. The topological polar surface area (TPSA) is 105 Å². The molecule has 0 aromatic heterocycles. The highest BCUT2D eigenvalue weighted by molar-refractivity contribution is 5.94. The van der Waals surface area contributed by atoms with Crippen molar-refractivity contribution in [1.29, 1.82) is 0 Å². The van der Waals surface area contributed by atoms with Gasteiger partial charge in [-0.2, -0.15) is 0 Å². The Morgan fingerprint density at radius 2 is 1.85 bits per heavy atom. The molecule has 1 fully saturated rings. The maximum atomic E-state index is 12.9. The summed E-state index contributed by atoms with van der Waals surface area (Å²) in [5.41, 5.74) is 6.96. The Labute approximate surface area is 166 Å². The molecule has 1 atom stereocenters. The molecule has 1 aromatic carbocycles. The van der Waals surface area contributed by atoms with E-state index in [-0.39, 0.29) is 36.2 Å². The fraction of sp³-hybridized carbons (Fsp3) is 0.526. The first-order valence-electron chi connectivity index (χ1n) is 9.12. The van der Waals surface area contributed by atoms with Gasteiger partial charge in [0, 0.05) is 51.1 Å². The van der Waals surface area contributed by atoms with Crippen LogP contribution in [0, 0.1) is 0 Å². The van der Waals surface area contributed by atoms with E-state index in [1.165, 1.54) is 6.92 Å². The summed E-state index contributed by atoms with van der Waals surface area (Å²) in [6, 6.07) is 7.30. The second kappa shape index (κ2) is 11.6. The maximum Gasteiger partial charge on any atom is 0.254 e. The first-order valence-corrected chi connectivity index (χ1v) is 9.12. The molecule has 150 valence electrons. The minimum absolute atomic E-state index is 0. The molecule has 27 heavy (non-hydrogen) atoms. The molecular formula is C19H29ClN4O3. The largest absolute Gasteiger partial charge is 0.354 e. The second-order valence-electron chi connectivity index (χ2n) is 6.60. The van der Waals surface area contributed by atoms with Crippen LogP contribution in [0.5, 0.6) is 0 Å². The van der Waals surface area contributed by atoms with Gasteiger partial charge in [0.05, 0.1) is 0 Å². The number of benzene rings is 1. The average molecular weight is 397 g/mol. The highest BCUT2D eigenvalue weighted by Crippen LogP contribution is 2.19. The summed E-state index contributed by atoms with van der Waals surface area (Å²) in [4.78, 5) is 37.4. The van der Waals surface area contributed by atoms with Crippen molar-refractivity contribution in [1.82, 2.24) is 15.5 Å². The van der Waals surface area contributed by atoms with Crippen LogP contribution in [0.2, 0.25) is 0 Å². The fourth-order valence-corrected chi connectivity index (χ4v) is 3.09. The van der Waals surface area contributed by atoms with Crippen molar-refractivity contribution in [3.05, 3.63) is 35.4 Å². The lowest BCUT2D eigenvalue weighted by Crippen LogP contribution is -2.49. The Kier molecular flexibility index (Phi) is 9.82. The number of piperidine rings is 1. The number of nitrogens with one attached hydrogen (secondary N) is 2. The van der Waals surface area contributed by atoms with E-state index in [9.17, 15) is 14.4 Å². The van der Waals surface area contributed by atoms with Gasteiger partial charge in [0.25, 0.3) is 5.91 Å². The zero-order valence-electron chi connectivity index (χ0n) is 15.7.